The summed E-state index contributed by atoms with van der Waals surface area (Å²) in [6.07, 6.45) is 3.37. The highest BCUT2D eigenvalue weighted by Crippen LogP contribution is 2.19. The van der Waals surface area contributed by atoms with Crippen LogP contribution in [0.2, 0.25) is 0 Å². The highest BCUT2D eigenvalue weighted by atomic mass is 32.1. The minimum absolute atomic E-state index is 0.166. The molecule has 4 heterocycles. The van der Waals surface area contributed by atoms with Crippen molar-refractivity contribution in [1.82, 2.24) is 23.9 Å². The molecule has 0 radical (unpaired) electrons. The molecule has 0 saturated heterocycles. The van der Waals surface area contributed by atoms with Gasteiger partial charge in [0.05, 0.1) is 24.0 Å². The summed E-state index contributed by atoms with van der Waals surface area (Å²) in [5.41, 5.74) is 1.88. The van der Waals surface area contributed by atoms with Gasteiger partial charge in [-0.05, 0) is 24.6 Å². The van der Waals surface area contributed by atoms with Gasteiger partial charge in [-0.2, -0.15) is 4.68 Å². The van der Waals surface area contributed by atoms with Crippen molar-refractivity contribution in [3.63, 3.8) is 0 Å². The molecule has 1 aromatic carbocycles. The van der Waals surface area contributed by atoms with Gasteiger partial charge in [0, 0.05) is 29.5 Å². The Hall–Kier alpha value is -3.78. The average molecular weight is 430 g/mol. The summed E-state index contributed by atoms with van der Waals surface area (Å²) < 4.78 is 4.99. The summed E-state index contributed by atoms with van der Waals surface area (Å²) in [5, 5.41) is 3.20. The number of thiazole rings is 1. The van der Waals surface area contributed by atoms with Crippen molar-refractivity contribution in [2.75, 3.05) is 0 Å². The molecule has 154 valence electrons. The number of pyridine rings is 2. The van der Waals surface area contributed by atoms with Crippen LogP contribution in [0.4, 0.5) is 0 Å². The molecule has 0 fully saturated rings. The molecule has 0 aliphatic carbocycles. The standard InChI is InChI=1S/C23H19N5O2S/c1-16-22-18(13-21(29)26(16)15-20-25-11-12-31-20)27(14-17-7-3-2-4-8-17)28(23(22)30)19-9-5-6-10-24-19/h2-13H,14-15H2,1H3. The Kier molecular flexibility index (Phi) is 4.83. The van der Waals surface area contributed by atoms with Crippen molar-refractivity contribution in [2.24, 2.45) is 0 Å². The van der Waals surface area contributed by atoms with E-state index in [-0.39, 0.29) is 11.1 Å². The fourth-order valence-corrected chi connectivity index (χ4v) is 4.43. The van der Waals surface area contributed by atoms with Crippen LogP contribution in [0.3, 0.4) is 0 Å². The normalized spacial score (nSPS) is 11.3. The Labute approximate surface area is 181 Å². The van der Waals surface area contributed by atoms with Crippen LogP contribution in [0.15, 0.2) is 82.0 Å². The molecule has 0 aliphatic heterocycles. The largest absolute Gasteiger partial charge is 0.305 e. The van der Waals surface area contributed by atoms with E-state index in [1.807, 2.05) is 59.5 Å². The van der Waals surface area contributed by atoms with E-state index < -0.39 is 0 Å². The number of aromatic nitrogens is 5. The number of aryl methyl sites for hydroxylation is 1. The SMILES string of the molecule is Cc1c2c(=O)n(-c3ccccn3)n(Cc3ccccc3)c2cc(=O)n1Cc1nccs1. The second-order valence-corrected chi connectivity index (χ2v) is 8.17. The van der Waals surface area contributed by atoms with E-state index in [1.54, 1.807) is 33.8 Å². The zero-order valence-electron chi connectivity index (χ0n) is 16.8. The first-order chi connectivity index (χ1) is 15.1. The molecule has 0 atom stereocenters. The molecular formula is C23H19N5O2S. The first-order valence-electron chi connectivity index (χ1n) is 9.83. The predicted molar refractivity (Wildman–Crippen MR) is 121 cm³/mol. The highest BCUT2D eigenvalue weighted by Gasteiger charge is 2.21. The number of hydrogen-bond acceptors (Lipinski definition) is 5. The minimum atomic E-state index is -0.199. The molecule has 7 nitrogen and oxygen atoms in total. The van der Waals surface area contributed by atoms with Gasteiger partial charge in [0.15, 0.2) is 5.82 Å². The van der Waals surface area contributed by atoms with E-state index in [1.165, 1.54) is 11.3 Å². The monoisotopic (exact) mass is 429 g/mol. The Bertz CT molecular complexity index is 1470. The smallest absolute Gasteiger partial charge is 0.282 e. The van der Waals surface area contributed by atoms with Crippen LogP contribution in [-0.2, 0) is 13.1 Å². The quantitative estimate of drug-likeness (QED) is 0.430. The molecule has 4 aromatic heterocycles. The Morgan fingerprint density at radius 3 is 2.45 bits per heavy atom. The Morgan fingerprint density at radius 2 is 1.74 bits per heavy atom. The fraction of sp³-hybridized carbons (Fsp3) is 0.130. The van der Waals surface area contributed by atoms with Gasteiger partial charge in [0.1, 0.15) is 5.01 Å². The Balaban J connectivity index is 1.79. The van der Waals surface area contributed by atoms with Crippen molar-refractivity contribution in [3.8, 4) is 5.82 Å². The van der Waals surface area contributed by atoms with Crippen LogP contribution in [0.5, 0.6) is 0 Å². The topological polar surface area (TPSA) is 74.7 Å². The van der Waals surface area contributed by atoms with Gasteiger partial charge in [-0.1, -0.05) is 36.4 Å². The fourth-order valence-electron chi connectivity index (χ4n) is 3.83. The molecule has 5 rings (SSSR count). The Morgan fingerprint density at radius 1 is 0.935 bits per heavy atom. The third kappa shape index (κ3) is 3.40. The molecule has 0 bridgehead atoms. The summed E-state index contributed by atoms with van der Waals surface area (Å²) in [6, 6.07) is 16.8. The average Bonchev–Trinajstić information content (AvgIpc) is 3.39. The maximum Gasteiger partial charge on any atom is 0.282 e. The summed E-state index contributed by atoms with van der Waals surface area (Å²) in [7, 11) is 0. The van der Waals surface area contributed by atoms with E-state index in [0.29, 0.717) is 35.5 Å². The van der Waals surface area contributed by atoms with Crippen LogP contribution in [0, 0.1) is 6.92 Å². The van der Waals surface area contributed by atoms with E-state index in [4.69, 9.17) is 0 Å². The summed E-state index contributed by atoms with van der Waals surface area (Å²) >= 11 is 1.48. The molecule has 0 unspecified atom stereocenters. The minimum Gasteiger partial charge on any atom is -0.305 e. The van der Waals surface area contributed by atoms with Crippen molar-refractivity contribution < 1.29 is 0 Å². The van der Waals surface area contributed by atoms with Crippen LogP contribution >= 0.6 is 11.3 Å². The number of hydrogen-bond donors (Lipinski definition) is 0. The van der Waals surface area contributed by atoms with Gasteiger partial charge in [0.2, 0.25) is 0 Å². The maximum atomic E-state index is 13.6. The van der Waals surface area contributed by atoms with E-state index >= 15 is 0 Å². The van der Waals surface area contributed by atoms with Gasteiger partial charge < -0.3 is 4.57 Å². The lowest BCUT2D eigenvalue weighted by atomic mass is 10.2. The third-order valence-corrected chi connectivity index (χ3v) is 6.06. The van der Waals surface area contributed by atoms with Gasteiger partial charge in [-0.15, -0.1) is 11.3 Å². The molecule has 0 aliphatic rings. The predicted octanol–water partition coefficient (Wildman–Crippen LogP) is 3.21. The van der Waals surface area contributed by atoms with E-state index in [0.717, 1.165) is 10.6 Å². The van der Waals surface area contributed by atoms with E-state index in [9.17, 15) is 9.59 Å². The van der Waals surface area contributed by atoms with Crippen LogP contribution in [0.1, 0.15) is 16.3 Å². The molecule has 0 N–H and O–H groups in total. The van der Waals surface area contributed by atoms with Gasteiger partial charge in [-0.3, -0.25) is 14.3 Å². The molecule has 0 amide bonds. The molecule has 0 spiro atoms. The lowest BCUT2D eigenvalue weighted by molar-refractivity contribution is 0.602. The molecule has 0 saturated carbocycles. The lowest BCUT2D eigenvalue weighted by Gasteiger charge is -2.13. The van der Waals surface area contributed by atoms with Gasteiger partial charge in [0.25, 0.3) is 11.1 Å². The highest BCUT2D eigenvalue weighted by molar-refractivity contribution is 7.09. The van der Waals surface area contributed by atoms with Gasteiger partial charge in [-0.25, -0.2) is 9.97 Å². The van der Waals surface area contributed by atoms with Crippen LogP contribution in [-0.4, -0.2) is 23.9 Å². The number of nitrogens with zero attached hydrogens (tertiary/aromatic N) is 5. The number of fused-ring (bicyclic) bond motifs is 1. The van der Waals surface area contributed by atoms with Crippen molar-refractivity contribution >= 4 is 22.2 Å². The number of rotatable bonds is 5. The number of benzene rings is 1. The first-order valence-corrected chi connectivity index (χ1v) is 10.7. The molecule has 5 aromatic rings. The lowest BCUT2D eigenvalue weighted by Crippen LogP contribution is -2.24. The maximum absolute atomic E-state index is 13.6. The van der Waals surface area contributed by atoms with Gasteiger partial charge >= 0.3 is 0 Å². The third-order valence-electron chi connectivity index (χ3n) is 5.29. The summed E-state index contributed by atoms with van der Waals surface area (Å²) in [6.45, 7) is 2.59. The first kappa shape index (κ1) is 19.2. The van der Waals surface area contributed by atoms with Crippen LogP contribution < -0.4 is 11.1 Å². The molecule has 8 heteroatoms. The second kappa shape index (κ2) is 7.81. The second-order valence-electron chi connectivity index (χ2n) is 7.19. The molecular weight excluding hydrogens is 410 g/mol. The van der Waals surface area contributed by atoms with Crippen molar-refractivity contribution in [2.45, 2.75) is 20.0 Å². The zero-order valence-corrected chi connectivity index (χ0v) is 17.6. The van der Waals surface area contributed by atoms with Crippen molar-refractivity contribution in [3.05, 3.63) is 109 Å². The van der Waals surface area contributed by atoms with Crippen LogP contribution in [0.25, 0.3) is 16.7 Å². The zero-order chi connectivity index (χ0) is 21.4. The van der Waals surface area contributed by atoms with Crippen molar-refractivity contribution in [1.29, 1.82) is 0 Å². The summed E-state index contributed by atoms with van der Waals surface area (Å²) in [4.78, 5) is 35.3. The van der Waals surface area contributed by atoms with E-state index in [2.05, 4.69) is 9.97 Å². The molecule has 31 heavy (non-hydrogen) atoms. The summed E-state index contributed by atoms with van der Waals surface area (Å²) in [5.74, 6) is 0.512.